The molecule has 0 saturated heterocycles. The van der Waals surface area contributed by atoms with Gasteiger partial charge in [0.25, 0.3) is 0 Å². The molecule has 5 rings (SSSR count). The lowest BCUT2D eigenvalue weighted by Crippen LogP contribution is -2.11. The van der Waals surface area contributed by atoms with Gasteiger partial charge in [0.05, 0.1) is 0 Å². The van der Waals surface area contributed by atoms with Crippen LogP contribution in [0.15, 0.2) is 146 Å². The lowest BCUT2D eigenvalue weighted by Gasteiger charge is -2.27. The highest BCUT2D eigenvalue weighted by atomic mass is 14.3. The molecule has 0 aliphatic carbocycles. The van der Waals surface area contributed by atoms with E-state index in [9.17, 15) is 0 Å². The van der Waals surface area contributed by atoms with Crippen LogP contribution < -0.4 is 0 Å². The van der Waals surface area contributed by atoms with Gasteiger partial charge in [0.15, 0.2) is 0 Å². The second-order valence-corrected chi connectivity index (χ2v) is 8.14. The van der Waals surface area contributed by atoms with Crippen LogP contribution in [-0.2, 0) is 0 Å². The molecule has 0 heteroatoms. The van der Waals surface area contributed by atoms with Crippen molar-refractivity contribution in [2.24, 2.45) is 0 Å². The highest BCUT2D eigenvalue weighted by Crippen LogP contribution is 2.40. The first kappa shape index (κ1) is 20.0. The zero-order valence-electron chi connectivity index (χ0n) is 18.0. The second kappa shape index (κ2) is 9.49. The minimum Gasteiger partial charge on any atom is -0.0622 e. The van der Waals surface area contributed by atoms with Gasteiger partial charge in [0.2, 0.25) is 0 Å². The molecular weight excluding hydrogens is 384 g/mol. The summed E-state index contributed by atoms with van der Waals surface area (Å²) in [4.78, 5) is 0. The first-order valence-electron chi connectivity index (χ1n) is 11.2. The Hall–Kier alpha value is -3.90. The average Bonchev–Trinajstić information content (AvgIpc) is 2.88. The Morgan fingerprint density at radius 2 is 0.469 bits per heavy atom. The Kier molecular flexibility index (Phi) is 5.94. The fourth-order valence-electron chi connectivity index (χ4n) is 4.72. The minimum atomic E-state index is 0.170. The van der Waals surface area contributed by atoms with Gasteiger partial charge in [-0.05, 0) is 33.4 Å². The van der Waals surface area contributed by atoms with Crippen molar-refractivity contribution < 1.29 is 0 Å². The van der Waals surface area contributed by atoms with Gasteiger partial charge in [-0.1, -0.05) is 146 Å². The van der Waals surface area contributed by atoms with Gasteiger partial charge in [-0.2, -0.15) is 0 Å². The summed E-state index contributed by atoms with van der Waals surface area (Å²) in [6, 6.07) is 52.4. The van der Waals surface area contributed by atoms with Crippen molar-refractivity contribution in [2.75, 3.05) is 0 Å². The van der Waals surface area contributed by atoms with Crippen LogP contribution in [0.25, 0.3) is 0 Å². The van der Waals surface area contributed by atoms with Crippen LogP contribution in [0.3, 0.4) is 0 Å². The Morgan fingerprint density at radius 1 is 0.250 bits per heavy atom. The smallest absolute Gasteiger partial charge is 0.0343 e. The van der Waals surface area contributed by atoms with Crippen LogP contribution >= 0.6 is 0 Å². The van der Waals surface area contributed by atoms with E-state index in [0.29, 0.717) is 0 Å². The molecule has 0 fully saturated rings. The maximum absolute atomic E-state index is 2.30. The third kappa shape index (κ3) is 4.13. The SMILES string of the molecule is c1ccc(C(c2ccccc2)c2ccccc2C(c2ccccc2)c2ccccc2)cc1. The normalized spacial score (nSPS) is 11.1. The molecule has 0 unspecified atom stereocenters. The van der Waals surface area contributed by atoms with E-state index < -0.39 is 0 Å². The van der Waals surface area contributed by atoms with Gasteiger partial charge in [-0.15, -0.1) is 0 Å². The van der Waals surface area contributed by atoms with Crippen molar-refractivity contribution in [3.63, 3.8) is 0 Å². The topological polar surface area (TPSA) is 0 Å². The quantitative estimate of drug-likeness (QED) is 0.248. The van der Waals surface area contributed by atoms with Crippen LogP contribution in [0.1, 0.15) is 45.2 Å². The number of rotatable bonds is 6. The first-order chi connectivity index (χ1) is 15.9. The summed E-state index contributed by atoms with van der Waals surface area (Å²) in [5.74, 6) is 0.340. The molecule has 0 N–H and O–H groups in total. The van der Waals surface area contributed by atoms with E-state index in [1.54, 1.807) is 0 Å². The maximum atomic E-state index is 2.30. The van der Waals surface area contributed by atoms with Crippen LogP contribution in [0.4, 0.5) is 0 Å². The Bertz CT molecular complexity index is 1060. The molecule has 5 aromatic carbocycles. The van der Waals surface area contributed by atoms with Crippen LogP contribution in [-0.4, -0.2) is 0 Å². The fourth-order valence-corrected chi connectivity index (χ4v) is 4.72. The third-order valence-electron chi connectivity index (χ3n) is 6.15. The predicted octanol–water partition coefficient (Wildman–Crippen LogP) is 8.05. The molecule has 0 aliphatic heterocycles. The van der Waals surface area contributed by atoms with Crippen molar-refractivity contribution in [3.8, 4) is 0 Å². The average molecular weight is 411 g/mol. The third-order valence-corrected chi connectivity index (χ3v) is 6.15. The molecule has 0 bridgehead atoms. The molecular formula is C32H26. The second-order valence-electron chi connectivity index (χ2n) is 8.14. The lowest BCUT2D eigenvalue weighted by molar-refractivity contribution is 0.895. The fraction of sp³-hybridized carbons (Fsp3) is 0.0625. The molecule has 5 aromatic rings. The zero-order valence-corrected chi connectivity index (χ0v) is 18.0. The van der Waals surface area contributed by atoms with Crippen molar-refractivity contribution in [3.05, 3.63) is 179 Å². The summed E-state index contributed by atoms with van der Waals surface area (Å²) in [5, 5.41) is 0. The summed E-state index contributed by atoms with van der Waals surface area (Å²) in [6.07, 6.45) is 0. The molecule has 154 valence electrons. The summed E-state index contributed by atoms with van der Waals surface area (Å²) in [6.45, 7) is 0. The van der Waals surface area contributed by atoms with Crippen molar-refractivity contribution in [1.82, 2.24) is 0 Å². The zero-order chi connectivity index (χ0) is 21.6. The van der Waals surface area contributed by atoms with Crippen LogP contribution in [0.2, 0.25) is 0 Å². The number of benzene rings is 5. The Balaban J connectivity index is 1.74. The molecule has 0 atom stereocenters. The van der Waals surface area contributed by atoms with E-state index >= 15 is 0 Å². The van der Waals surface area contributed by atoms with Crippen LogP contribution in [0.5, 0.6) is 0 Å². The maximum Gasteiger partial charge on any atom is 0.0343 e. The van der Waals surface area contributed by atoms with Gasteiger partial charge in [0.1, 0.15) is 0 Å². The molecule has 32 heavy (non-hydrogen) atoms. The summed E-state index contributed by atoms with van der Waals surface area (Å²) in [7, 11) is 0. The van der Waals surface area contributed by atoms with E-state index in [4.69, 9.17) is 0 Å². The highest BCUT2D eigenvalue weighted by Gasteiger charge is 2.25. The lowest BCUT2D eigenvalue weighted by atomic mass is 9.76. The van der Waals surface area contributed by atoms with E-state index in [-0.39, 0.29) is 11.8 Å². The Labute approximate surface area is 190 Å². The van der Waals surface area contributed by atoms with Gasteiger partial charge >= 0.3 is 0 Å². The van der Waals surface area contributed by atoms with Crippen molar-refractivity contribution >= 4 is 0 Å². The summed E-state index contributed by atoms with van der Waals surface area (Å²) in [5.41, 5.74) is 7.94. The molecule has 0 spiro atoms. The van der Waals surface area contributed by atoms with E-state index in [2.05, 4.69) is 146 Å². The van der Waals surface area contributed by atoms with E-state index in [0.717, 1.165) is 0 Å². The number of hydrogen-bond donors (Lipinski definition) is 0. The van der Waals surface area contributed by atoms with Crippen molar-refractivity contribution in [2.45, 2.75) is 11.8 Å². The van der Waals surface area contributed by atoms with E-state index in [1.807, 2.05) is 0 Å². The monoisotopic (exact) mass is 410 g/mol. The van der Waals surface area contributed by atoms with Gasteiger partial charge in [0, 0.05) is 11.8 Å². The van der Waals surface area contributed by atoms with Crippen molar-refractivity contribution in [1.29, 1.82) is 0 Å². The summed E-state index contributed by atoms with van der Waals surface area (Å²) >= 11 is 0. The summed E-state index contributed by atoms with van der Waals surface area (Å²) < 4.78 is 0. The minimum absolute atomic E-state index is 0.170. The number of hydrogen-bond acceptors (Lipinski definition) is 0. The van der Waals surface area contributed by atoms with E-state index in [1.165, 1.54) is 33.4 Å². The molecule has 0 heterocycles. The highest BCUT2D eigenvalue weighted by molar-refractivity contribution is 5.52. The van der Waals surface area contributed by atoms with Gasteiger partial charge in [-0.25, -0.2) is 0 Å². The van der Waals surface area contributed by atoms with Crippen LogP contribution in [0, 0.1) is 0 Å². The largest absolute Gasteiger partial charge is 0.0622 e. The molecule has 0 aromatic heterocycles. The van der Waals surface area contributed by atoms with Gasteiger partial charge < -0.3 is 0 Å². The predicted molar refractivity (Wildman–Crippen MR) is 134 cm³/mol. The molecule has 0 aliphatic rings. The van der Waals surface area contributed by atoms with Gasteiger partial charge in [-0.3, -0.25) is 0 Å². The molecule has 0 radical (unpaired) electrons. The molecule has 0 saturated carbocycles. The molecule has 0 amide bonds. The first-order valence-corrected chi connectivity index (χ1v) is 11.2. The standard InChI is InChI=1S/C32H26/c1-5-15-25(16-6-1)31(26-17-7-2-8-18-26)29-23-13-14-24-30(29)32(27-19-9-3-10-20-27)28-21-11-4-12-22-28/h1-24,31-32H. The molecule has 0 nitrogen and oxygen atoms in total. The Morgan fingerprint density at radius 3 is 0.719 bits per heavy atom.